The molecular weight excluding hydrogens is 247 g/mol. The van der Waals surface area contributed by atoms with Gasteiger partial charge in [-0.15, -0.1) is 0 Å². The molecule has 4 nitrogen and oxygen atoms in total. The first-order valence-corrected chi connectivity index (χ1v) is 5.82. The number of nitrogens with zero attached hydrogens (tertiary/aromatic N) is 2. The molecule has 0 amide bonds. The summed E-state index contributed by atoms with van der Waals surface area (Å²) < 4.78 is 17.8. The van der Waals surface area contributed by atoms with Crippen molar-refractivity contribution in [2.24, 2.45) is 0 Å². The average Bonchev–Trinajstić information content (AvgIpc) is 2.42. The van der Waals surface area contributed by atoms with E-state index in [9.17, 15) is 14.4 Å². The molecule has 1 aromatic rings. The Balaban J connectivity index is 3.24. The number of esters is 1. The maximum Gasteiger partial charge on any atom is 0.331 e. The lowest BCUT2D eigenvalue weighted by Gasteiger charge is -2.23. The predicted molar refractivity (Wildman–Crippen MR) is 65.2 cm³/mol. The van der Waals surface area contributed by atoms with Gasteiger partial charge < -0.3 is 4.74 Å². The molecule has 0 aliphatic rings. The lowest BCUT2D eigenvalue weighted by atomic mass is 9.78. The first kappa shape index (κ1) is 14.7. The van der Waals surface area contributed by atoms with Crippen molar-refractivity contribution in [3.8, 4) is 12.1 Å². The fraction of sp³-hybridized carbons (Fsp3) is 0.357. The minimum Gasteiger partial charge on any atom is -0.465 e. The number of carbonyl (C=O) groups is 1. The molecule has 0 aliphatic heterocycles. The highest BCUT2D eigenvalue weighted by Gasteiger charge is 2.42. The van der Waals surface area contributed by atoms with E-state index in [4.69, 9.17) is 10.00 Å². The summed E-state index contributed by atoms with van der Waals surface area (Å²) in [7, 11) is 0. The third-order valence-corrected chi connectivity index (χ3v) is 2.76. The minimum atomic E-state index is -1.56. The van der Waals surface area contributed by atoms with E-state index in [1.807, 2.05) is 12.1 Å². The first-order chi connectivity index (χ1) is 9.10. The Kier molecular flexibility index (Phi) is 5.02. The zero-order valence-corrected chi connectivity index (χ0v) is 10.5. The van der Waals surface area contributed by atoms with Gasteiger partial charge in [0.05, 0.1) is 18.7 Å². The standard InChI is InChI=1S/C14H13FN2O2/c1-2-19-13(18)14(10-17,8-3-9-16)11-4-6-12(15)7-5-11/h4-7H,2-3,8H2,1H3/t14-/m0/s1. The lowest BCUT2D eigenvalue weighted by Crippen LogP contribution is -2.36. The second-order valence-corrected chi connectivity index (χ2v) is 3.90. The predicted octanol–water partition coefficient (Wildman–Crippen LogP) is 2.45. The van der Waals surface area contributed by atoms with E-state index in [0.717, 1.165) is 0 Å². The summed E-state index contributed by atoms with van der Waals surface area (Å²) >= 11 is 0. The van der Waals surface area contributed by atoms with Crippen molar-refractivity contribution in [3.05, 3.63) is 35.6 Å². The van der Waals surface area contributed by atoms with Gasteiger partial charge in [0, 0.05) is 6.42 Å². The molecule has 0 spiro atoms. The summed E-state index contributed by atoms with van der Waals surface area (Å²) in [6.07, 6.45) is 0.0498. The van der Waals surface area contributed by atoms with Crippen LogP contribution in [-0.4, -0.2) is 12.6 Å². The topological polar surface area (TPSA) is 73.9 Å². The molecule has 0 aliphatic carbocycles. The average molecular weight is 260 g/mol. The van der Waals surface area contributed by atoms with Gasteiger partial charge in [0.15, 0.2) is 5.41 Å². The molecule has 1 aromatic carbocycles. The van der Waals surface area contributed by atoms with Gasteiger partial charge in [-0.25, -0.2) is 9.18 Å². The summed E-state index contributed by atoms with van der Waals surface area (Å²) in [6.45, 7) is 1.77. The van der Waals surface area contributed by atoms with E-state index in [0.29, 0.717) is 5.56 Å². The quantitative estimate of drug-likeness (QED) is 0.762. The molecule has 0 bridgehead atoms. The Labute approximate surface area is 111 Å². The lowest BCUT2D eigenvalue weighted by molar-refractivity contribution is -0.148. The summed E-state index contributed by atoms with van der Waals surface area (Å²) in [6, 6.07) is 8.91. The van der Waals surface area contributed by atoms with Crippen LogP contribution in [0.5, 0.6) is 0 Å². The second kappa shape index (κ2) is 6.51. The van der Waals surface area contributed by atoms with Crippen LogP contribution in [0.3, 0.4) is 0 Å². The third-order valence-electron chi connectivity index (χ3n) is 2.76. The molecule has 0 heterocycles. The Morgan fingerprint density at radius 2 is 2.00 bits per heavy atom. The largest absolute Gasteiger partial charge is 0.465 e. The molecule has 0 radical (unpaired) electrons. The smallest absolute Gasteiger partial charge is 0.331 e. The van der Waals surface area contributed by atoms with Crippen molar-refractivity contribution >= 4 is 5.97 Å². The Bertz CT molecular complexity index is 528. The highest BCUT2D eigenvalue weighted by molar-refractivity contribution is 5.86. The van der Waals surface area contributed by atoms with E-state index in [-0.39, 0.29) is 19.4 Å². The number of hydrogen-bond donors (Lipinski definition) is 0. The second-order valence-electron chi connectivity index (χ2n) is 3.90. The maximum absolute atomic E-state index is 12.9. The minimum absolute atomic E-state index is 0.0183. The van der Waals surface area contributed by atoms with Gasteiger partial charge in [-0.1, -0.05) is 12.1 Å². The van der Waals surface area contributed by atoms with E-state index in [1.165, 1.54) is 24.3 Å². The highest BCUT2D eigenvalue weighted by atomic mass is 19.1. The van der Waals surface area contributed by atoms with Crippen molar-refractivity contribution in [2.75, 3.05) is 6.61 Å². The number of ether oxygens (including phenoxy) is 1. The van der Waals surface area contributed by atoms with Crippen molar-refractivity contribution in [1.82, 2.24) is 0 Å². The number of hydrogen-bond acceptors (Lipinski definition) is 4. The Morgan fingerprint density at radius 3 is 2.47 bits per heavy atom. The van der Waals surface area contributed by atoms with Crippen molar-refractivity contribution < 1.29 is 13.9 Å². The van der Waals surface area contributed by atoms with Gasteiger partial charge in [0.1, 0.15) is 5.82 Å². The van der Waals surface area contributed by atoms with Gasteiger partial charge >= 0.3 is 5.97 Å². The van der Waals surface area contributed by atoms with E-state index >= 15 is 0 Å². The summed E-state index contributed by atoms with van der Waals surface area (Å²) in [5.41, 5.74) is -1.22. The molecule has 0 saturated carbocycles. The molecule has 5 heteroatoms. The normalized spacial score (nSPS) is 12.8. The Hall–Kier alpha value is -2.40. The van der Waals surface area contributed by atoms with Gasteiger partial charge in [-0.2, -0.15) is 10.5 Å². The zero-order valence-electron chi connectivity index (χ0n) is 10.5. The third kappa shape index (κ3) is 3.08. The molecule has 0 unspecified atom stereocenters. The van der Waals surface area contributed by atoms with Gasteiger partial charge in [0.2, 0.25) is 0 Å². The first-order valence-electron chi connectivity index (χ1n) is 5.82. The van der Waals surface area contributed by atoms with Crippen LogP contribution in [0.25, 0.3) is 0 Å². The number of nitriles is 2. The van der Waals surface area contributed by atoms with Crippen LogP contribution in [0.2, 0.25) is 0 Å². The van der Waals surface area contributed by atoms with Gasteiger partial charge in [0.25, 0.3) is 0 Å². The fourth-order valence-corrected chi connectivity index (χ4v) is 1.76. The molecule has 98 valence electrons. The molecule has 19 heavy (non-hydrogen) atoms. The van der Waals surface area contributed by atoms with Crippen molar-refractivity contribution in [1.29, 1.82) is 10.5 Å². The zero-order chi connectivity index (χ0) is 14.3. The van der Waals surface area contributed by atoms with Crippen LogP contribution in [0.1, 0.15) is 25.3 Å². The molecule has 1 atom stereocenters. The number of carbonyl (C=O) groups excluding carboxylic acids is 1. The number of halogens is 1. The molecule has 0 saturated heterocycles. The van der Waals surface area contributed by atoms with Crippen LogP contribution in [0.4, 0.5) is 4.39 Å². The van der Waals surface area contributed by atoms with E-state index in [2.05, 4.69) is 0 Å². The van der Waals surface area contributed by atoms with Crippen LogP contribution >= 0.6 is 0 Å². The summed E-state index contributed by atoms with van der Waals surface area (Å²) in [5, 5.41) is 18.0. The van der Waals surface area contributed by atoms with E-state index < -0.39 is 17.2 Å². The molecular formula is C14H13FN2O2. The van der Waals surface area contributed by atoms with Crippen LogP contribution in [0.15, 0.2) is 24.3 Å². The van der Waals surface area contributed by atoms with Crippen molar-refractivity contribution in [3.63, 3.8) is 0 Å². The molecule has 1 rings (SSSR count). The van der Waals surface area contributed by atoms with Crippen LogP contribution in [0, 0.1) is 28.5 Å². The number of rotatable bonds is 5. The SMILES string of the molecule is CCOC(=O)[C@](C#N)(CCC#N)c1ccc(F)cc1. The molecule has 0 fully saturated rings. The summed E-state index contributed by atoms with van der Waals surface area (Å²) in [5.74, 6) is -1.17. The van der Waals surface area contributed by atoms with Crippen molar-refractivity contribution in [2.45, 2.75) is 25.2 Å². The van der Waals surface area contributed by atoms with E-state index in [1.54, 1.807) is 6.92 Å². The Morgan fingerprint density at radius 1 is 1.37 bits per heavy atom. The monoisotopic (exact) mass is 260 g/mol. The highest BCUT2D eigenvalue weighted by Crippen LogP contribution is 2.30. The van der Waals surface area contributed by atoms with Gasteiger partial charge in [-0.3, -0.25) is 0 Å². The molecule has 0 N–H and O–H groups in total. The maximum atomic E-state index is 12.9. The van der Waals surface area contributed by atoms with Crippen LogP contribution < -0.4 is 0 Å². The van der Waals surface area contributed by atoms with Crippen LogP contribution in [-0.2, 0) is 14.9 Å². The van der Waals surface area contributed by atoms with Gasteiger partial charge in [-0.05, 0) is 31.0 Å². The number of benzene rings is 1. The summed E-state index contributed by atoms with van der Waals surface area (Å²) in [4.78, 5) is 12.0. The fourth-order valence-electron chi connectivity index (χ4n) is 1.76. The molecule has 0 aromatic heterocycles.